The van der Waals surface area contributed by atoms with Gasteiger partial charge in [0.15, 0.2) is 0 Å². The molecule has 1 heterocycles. The van der Waals surface area contributed by atoms with Crippen LogP contribution in [0.4, 0.5) is 8.78 Å². The molecule has 0 aliphatic heterocycles. The Morgan fingerprint density at radius 3 is 2.60 bits per heavy atom. The highest BCUT2D eigenvalue weighted by Gasteiger charge is 2.26. The zero-order valence-corrected chi connectivity index (χ0v) is 21.1. The van der Waals surface area contributed by atoms with Crippen molar-refractivity contribution in [2.45, 2.75) is 57.2 Å². The van der Waals surface area contributed by atoms with E-state index < -0.39 is 29.7 Å². The lowest BCUT2D eigenvalue weighted by molar-refractivity contribution is 0.0826. The topological polar surface area (TPSA) is 61.4 Å². The van der Waals surface area contributed by atoms with Gasteiger partial charge in [-0.1, -0.05) is 36.7 Å². The van der Waals surface area contributed by atoms with Gasteiger partial charge in [0.2, 0.25) is 0 Å². The maximum atomic E-state index is 13.8. The number of thiophene rings is 1. The molecule has 0 spiro atoms. The predicted molar refractivity (Wildman–Crippen MR) is 136 cm³/mol. The van der Waals surface area contributed by atoms with E-state index >= 15 is 0 Å². The van der Waals surface area contributed by atoms with E-state index in [0.717, 1.165) is 43.1 Å². The molecule has 4 rings (SSSR count). The lowest BCUT2D eigenvalue weighted by Crippen LogP contribution is -2.49. The molecule has 0 radical (unpaired) electrons. The highest BCUT2D eigenvalue weighted by molar-refractivity contribution is 7.18. The Morgan fingerprint density at radius 2 is 1.91 bits per heavy atom. The molecule has 1 aliphatic carbocycles. The molecule has 1 aromatic heterocycles. The van der Waals surface area contributed by atoms with Crippen LogP contribution in [0.2, 0.25) is 4.34 Å². The van der Waals surface area contributed by atoms with Crippen molar-refractivity contribution < 1.29 is 18.7 Å². The standard InChI is InChI=1S/C27H29ClF2N2O2S/c1-2-16-6-7-18-4-3-5-22(21(18)12-16)31-15-24(33)23(13-17-10-19(29)14-20(30)11-17)32-27(34)25-8-9-26(28)35-25/h6-12,14,22-24,31,33H,2-5,13,15H2,1H3,(H,32,34)/t22-,23?,24?/m0/s1. The summed E-state index contributed by atoms with van der Waals surface area (Å²) in [6.07, 6.45) is 3.08. The van der Waals surface area contributed by atoms with Crippen LogP contribution in [-0.4, -0.2) is 29.7 Å². The van der Waals surface area contributed by atoms with Gasteiger partial charge in [0, 0.05) is 18.7 Å². The second kappa shape index (κ2) is 11.6. The van der Waals surface area contributed by atoms with E-state index in [2.05, 4.69) is 35.8 Å². The number of rotatable bonds is 9. The SMILES string of the molecule is CCc1ccc2c(c1)[C@@H](NCC(O)C(Cc1cc(F)cc(F)c1)NC(=O)c1ccc(Cl)s1)CCC2. The fraction of sp³-hybridized carbons (Fsp3) is 0.370. The Balaban J connectivity index is 1.50. The van der Waals surface area contributed by atoms with E-state index in [-0.39, 0.29) is 19.0 Å². The smallest absolute Gasteiger partial charge is 0.261 e. The molecule has 0 saturated heterocycles. The minimum atomic E-state index is -0.986. The van der Waals surface area contributed by atoms with E-state index in [1.165, 1.54) is 28.8 Å². The van der Waals surface area contributed by atoms with E-state index in [9.17, 15) is 18.7 Å². The van der Waals surface area contributed by atoms with Crippen molar-refractivity contribution in [1.29, 1.82) is 0 Å². The molecule has 2 aromatic carbocycles. The molecule has 3 atom stereocenters. The molecule has 2 unspecified atom stereocenters. The summed E-state index contributed by atoms with van der Waals surface area (Å²) in [4.78, 5) is 13.2. The lowest BCUT2D eigenvalue weighted by Gasteiger charge is -2.30. The van der Waals surface area contributed by atoms with Gasteiger partial charge in [-0.2, -0.15) is 0 Å². The fourth-order valence-corrected chi connectivity index (χ4v) is 5.57. The van der Waals surface area contributed by atoms with Crippen molar-refractivity contribution in [2.75, 3.05) is 6.54 Å². The van der Waals surface area contributed by atoms with Crippen LogP contribution < -0.4 is 10.6 Å². The van der Waals surface area contributed by atoms with Gasteiger partial charge in [-0.3, -0.25) is 4.79 Å². The quantitative estimate of drug-likeness (QED) is 0.345. The van der Waals surface area contributed by atoms with Crippen LogP contribution in [0.3, 0.4) is 0 Å². The fourth-order valence-electron chi connectivity index (χ4n) is 4.63. The lowest BCUT2D eigenvalue weighted by atomic mass is 9.86. The molecule has 186 valence electrons. The molecule has 1 amide bonds. The normalized spacial score (nSPS) is 17.0. The summed E-state index contributed by atoms with van der Waals surface area (Å²) in [5.74, 6) is -1.79. The second-order valence-electron chi connectivity index (χ2n) is 8.97. The monoisotopic (exact) mass is 518 g/mol. The number of aliphatic hydroxyl groups is 1. The third-order valence-electron chi connectivity index (χ3n) is 6.46. The van der Waals surface area contributed by atoms with E-state index in [1.54, 1.807) is 12.1 Å². The van der Waals surface area contributed by atoms with Crippen molar-refractivity contribution in [1.82, 2.24) is 10.6 Å². The molecule has 0 fully saturated rings. The summed E-state index contributed by atoms with van der Waals surface area (Å²) in [5, 5.41) is 17.4. The van der Waals surface area contributed by atoms with E-state index in [1.807, 2.05) is 0 Å². The first-order valence-electron chi connectivity index (χ1n) is 11.9. The second-order valence-corrected chi connectivity index (χ2v) is 10.7. The zero-order chi connectivity index (χ0) is 24.9. The number of carbonyl (C=O) groups is 1. The Kier molecular flexibility index (Phi) is 8.55. The molecule has 3 N–H and O–H groups in total. The molecule has 35 heavy (non-hydrogen) atoms. The first kappa shape index (κ1) is 25.8. The molecule has 1 aliphatic rings. The van der Waals surface area contributed by atoms with Gasteiger partial charge in [-0.15, -0.1) is 11.3 Å². The minimum absolute atomic E-state index is 0.0730. The first-order chi connectivity index (χ1) is 16.8. The number of amides is 1. The highest BCUT2D eigenvalue weighted by Crippen LogP contribution is 2.31. The average Bonchev–Trinajstić information content (AvgIpc) is 3.27. The summed E-state index contributed by atoms with van der Waals surface area (Å²) in [6, 6.07) is 12.4. The Hall–Kier alpha value is -2.32. The van der Waals surface area contributed by atoms with Gasteiger partial charge in [0.25, 0.3) is 5.91 Å². The summed E-state index contributed by atoms with van der Waals surface area (Å²) < 4.78 is 28.1. The Bertz CT molecular complexity index is 1170. The summed E-state index contributed by atoms with van der Waals surface area (Å²) in [7, 11) is 0. The van der Waals surface area contributed by atoms with Crippen molar-refractivity contribution in [3.63, 3.8) is 0 Å². The highest BCUT2D eigenvalue weighted by atomic mass is 35.5. The van der Waals surface area contributed by atoms with Gasteiger partial charge in [-0.25, -0.2) is 8.78 Å². The maximum absolute atomic E-state index is 13.8. The Labute approximate surface area is 213 Å². The molecule has 0 saturated carbocycles. The molecule has 3 aromatic rings. The van der Waals surface area contributed by atoms with Crippen LogP contribution >= 0.6 is 22.9 Å². The molecule has 0 bridgehead atoms. The molecular formula is C27H29ClF2N2O2S. The molecule has 8 heteroatoms. The number of benzene rings is 2. The first-order valence-corrected chi connectivity index (χ1v) is 13.1. The number of hydrogen-bond donors (Lipinski definition) is 3. The van der Waals surface area contributed by atoms with Crippen molar-refractivity contribution >= 4 is 28.8 Å². The van der Waals surface area contributed by atoms with Crippen LogP contribution in [0.5, 0.6) is 0 Å². The summed E-state index contributed by atoms with van der Waals surface area (Å²) in [5.41, 5.74) is 4.19. The van der Waals surface area contributed by atoms with Gasteiger partial charge < -0.3 is 15.7 Å². The van der Waals surface area contributed by atoms with Crippen molar-refractivity contribution in [3.05, 3.63) is 91.6 Å². The zero-order valence-electron chi connectivity index (χ0n) is 19.5. The largest absolute Gasteiger partial charge is 0.390 e. The number of carbonyl (C=O) groups excluding carboxylic acids is 1. The van der Waals surface area contributed by atoms with Crippen LogP contribution in [-0.2, 0) is 19.3 Å². The number of nitrogens with one attached hydrogen (secondary N) is 2. The third kappa shape index (κ3) is 6.67. The van der Waals surface area contributed by atoms with Crippen LogP contribution in [0.15, 0.2) is 48.5 Å². The van der Waals surface area contributed by atoms with Gasteiger partial charge in [0.1, 0.15) is 11.6 Å². The van der Waals surface area contributed by atoms with Gasteiger partial charge in [-0.05, 0) is 78.6 Å². The summed E-state index contributed by atoms with van der Waals surface area (Å²) >= 11 is 7.09. The van der Waals surface area contributed by atoms with E-state index in [0.29, 0.717) is 14.8 Å². The van der Waals surface area contributed by atoms with Crippen molar-refractivity contribution in [3.8, 4) is 0 Å². The predicted octanol–water partition coefficient (Wildman–Crippen LogP) is 5.61. The Morgan fingerprint density at radius 1 is 1.14 bits per heavy atom. The average molecular weight is 519 g/mol. The summed E-state index contributed by atoms with van der Waals surface area (Å²) in [6.45, 7) is 2.34. The van der Waals surface area contributed by atoms with Crippen LogP contribution in [0.25, 0.3) is 0 Å². The van der Waals surface area contributed by atoms with Crippen molar-refractivity contribution in [2.24, 2.45) is 0 Å². The van der Waals surface area contributed by atoms with Crippen LogP contribution in [0, 0.1) is 11.6 Å². The third-order valence-corrected chi connectivity index (χ3v) is 7.69. The molecular weight excluding hydrogens is 490 g/mol. The van der Waals surface area contributed by atoms with Crippen LogP contribution in [0.1, 0.15) is 57.7 Å². The molecule has 4 nitrogen and oxygen atoms in total. The van der Waals surface area contributed by atoms with Gasteiger partial charge >= 0.3 is 0 Å². The number of halogens is 3. The number of aliphatic hydroxyl groups excluding tert-OH is 1. The minimum Gasteiger partial charge on any atom is -0.390 e. The van der Waals surface area contributed by atoms with E-state index in [4.69, 9.17) is 11.6 Å². The maximum Gasteiger partial charge on any atom is 0.261 e. The number of hydrogen-bond acceptors (Lipinski definition) is 4. The van der Waals surface area contributed by atoms with Gasteiger partial charge in [0.05, 0.1) is 21.4 Å². The number of fused-ring (bicyclic) bond motifs is 1. The number of aryl methyl sites for hydroxylation is 2.